The van der Waals surface area contributed by atoms with Crippen molar-refractivity contribution in [1.82, 2.24) is 4.57 Å². The summed E-state index contributed by atoms with van der Waals surface area (Å²) in [5.41, 5.74) is 4.44. The molecule has 7 nitrogen and oxygen atoms in total. The Morgan fingerprint density at radius 1 is 1.24 bits per heavy atom. The SMILES string of the molecule is COCC(=O)Nc1cc2c(cc1OC)CCn1c(C(=O)O)cc(-c3cccs3)c1-2. The molecule has 0 unspecified atom stereocenters. The van der Waals surface area contributed by atoms with Crippen LogP contribution in [-0.4, -0.2) is 42.4 Å². The van der Waals surface area contributed by atoms with E-state index in [0.29, 0.717) is 24.4 Å². The third-order valence-corrected chi connectivity index (χ3v) is 5.84. The van der Waals surface area contributed by atoms with E-state index in [2.05, 4.69) is 5.32 Å². The van der Waals surface area contributed by atoms with E-state index in [9.17, 15) is 14.7 Å². The highest BCUT2D eigenvalue weighted by atomic mass is 32.1. The highest BCUT2D eigenvalue weighted by molar-refractivity contribution is 7.13. The van der Waals surface area contributed by atoms with Gasteiger partial charge in [0.15, 0.2) is 0 Å². The summed E-state index contributed by atoms with van der Waals surface area (Å²) in [5.74, 6) is -0.689. The average Bonchev–Trinajstić information content (AvgIpc) is 3.35. The molecule has 0 saturated heterocycles. The number of benzene rings is 1. The maximum absolute atomic E-state index is 12.1. The predicted molar refractivity (Wildman–Crippen MR) is 111 cm³/mol. The third-order valence-electron chi connectivity index (χ3n) is 4.94. The summed E-state index contributed by atoms with van der Waals surface area (Å²) in [6.07, 6.45) is 0.670. The summed E-state index contributed by atoms with van der Waals surface area (Å²) >= 11 is 1.56. The summed E-state index contributed by atoms with van der Waals surface area (Å²) in [6.45, 7) is 0.494. The second-order valence-electron chi connectivity index (χ2n) is 6.67. The third kappa shape index (κ3) is 3.41. The van der Waals surface area contributed by atoms with Crippen LogP contribution in [0, 0.1) is 0 Å². The molecule has 0 atom stereocenters. The van der Waals surface area contributed by atoms with Crippen molar-refractivity contribution in [3.63, 3.8) is 0 Å². The monoisotopic (exact) mass is 412 g/mol. The van der Waals surface area contributed by atoms with Gasteiger partial charge in [0.1, 0.15) is 18.1 Å². The molecule has 0 aliphatic carbocycles. The standard InChI is InChI=1S/C21H20N2O5S/c1-27-11-19(24)22-15-9-13-12(8-17(15)28-2)5-6-23-16(21(25)26)10-14(20(13)23)18-4-3-7-29-18/h3-4,7-10H,5-6,11H2,1-2H3,(H,22,24)(H,25,26). The number of hydrogen-bond acceptors (Lipinski definition) is 5. The number of aromatic nitrogens is 1. The van der Waals surface area contributed by atoms with Crippen LogP contribution in [0.2, 0.25) is 0 Å². The first-order valence-electron chi connectivity index (χ1n) is 9.04. The first-order chi connectivity index (χ1) is 14.0. The average molecular weight is 412 g/mol. The number of nitrogens with zero attached hydrogens (tertiary/aromatic N) is 1. The molecule has 3 heterocycles. The Morgan fingerprint density at radius 3 is 2.72 bits per heavy atom. The van der Waals surface area contributed by atoms with Crippen LogP contribution in [0.3, 0.4) is 0 Å². The minimum atomic E-state index is -0.959. The molecule has 2 N–H and O–H groups in total. The van der Waals surface area contributed by atoms with Gasteiger partial charge < -0.3 is 24.5 Å². The number of aryl methyl sites for hydroxylation is 1. The normalized spacial score (nSPS) is 12.2. The van der Waals surface area contributed by atoms with Crippen LogP contribution in [0.25, 0.3) is 21.7 Å². The molecule has 0 bridgehead atoms. The second kappa shape index (κ2) is 7.73. The Kier molecular flexibility index (Phi) is 5.12. The zero-order chi connectivity index (χ0) is 20.5. The second-order valence-corrected chi connectivity index (χ2v) is 7.61. The number of rotatable bonds is 6. The molecule has 0 radical (unpaired) electrons. The highest BCUT2D eigenvalue weighted by Crippen LogP contribution is 2.44. The molecule has 0 saturated carbocycles. The zero-order valence-corrected chi connectivity index (χ0v) is 16.8. The van der Waals surface area contributed by atoms with Gasteiger partial charge in [0.25, 0.3) is 0 Å². The molecule has 2 aromatic heterocycles. The van der Waals surface area contributed by atoms with Crippen LogP contribution in [0.4, 0.5) is 5.69 Å². The Hall–Kier alpha value is -3.10. The van der Waals surface area contributed by atoms with Crippen LogP contribution in [-0.2, 0) is 22.5 Å². The van der Waals surface area contributed by atoms with Gasteiger partial charge in [0.05, 0.1) is 18.5 Å². The number of carboxylic acids is 1. The molecule has 0 spiro atoms. The quantitative estimate of drug-likeness (QED) is 0.644. The fourth-order valence-electron chi connectivity index (χ4n) is 3.73. The molecule has 1 aromatic carbocycles. The largest absolute Gasteiger partial charge is 0.495 e. The van der Waals surface area contributed by atoms with E-state index in [1.54, 1.807) is 24.5 Å². The van der Waals surface area contributed by atoms with E-state index in [1.165, 1.54) is 7.11 Å². The number of methoxy groups -OCH3 is 2. The summed E-state index contributed by atoms with van der Waals surface area (Å²) < 4.78 is 12.2. The van der Waals surface area contributed by atoms with Gasteiger partial charge in [-0.3, -0.25) is 4.79 Å². The van der Waals surface area contributed by atoms with Crippen molar-refractivity contribution in [1.29, 1.82) is 0 Å². The molecule has 1 aliphatic heterocycles. The van der Waals surface area contributed by atoms with Crippen molar-refractivity contribution in [2.24, 2.45) is 0 Å². The Balaban J connectivity index is 1.91. The minimum Gasteiger partial charge on any atom is -0.495 e. The van der Waals surface area contributed by atoms with Gasteiger partial charge in [0.2, 0.25) is 5.91 Å². The number of carbonyl (C=O) groups is 2. The van der Waals surface area contributed by atoms with Gasteiger partial charge in [-0.1, -0.05) is 6.07 Å². The van der Waals surface area contributed by atoms with E-state index in [0.717, 1.165) is 27.3 Å². The molecule has 29 heavy (non-hydrogen) atoms. The summed E-state index contributed by atoms with van der Waals surface area (Å²) in [4.78, 5) is 24.9. The van der Waals surface area contributed by atoms with Gasteiger partial charge in [-0.15, -0.1) is 11.3 Å². The first-order valence-corrected chi connectivity index (χ1v) is 9.92. The lowest BCUT2D eigenvalue weighted by atomic mass is 9.94. The number of thiophene rings is 1. The molecule has 4 rings (SSSR count). The number of carbonyl (C=O) groups excluding carboxylic acids is 1. The summed E-state index contributed by atoms with van der Waals surface area (Å²) in [6, 6.07) is 9.42. The van der Waals surface area contributed by atoms with E-state index < -0.39 is 5.97 Å². The number of hydrogen-bond donors (Lipinski definition) is 2. The van der Waals surface area contributed by atoms with E-state index in [1.807, 2.05) is 34.2 Å². The lowest BCUT2D eigenvalue weighted by Crippen LogP contribution is -2.19. The maximum Gasteiger partial charge on any atom is 0.352 e. The van der Waals surface area contributed by atoms with E-state index in [-0.39, 0.29) is 18.2 Å². The number of ether oxygens (including phenoxy) is 2. The fraction of sp³-hybridized carbons (Fsp3) is 0.238. The van der Waals surface area contributed by atoms with Crippen molar-refractivity contribution in [3.8, 4) is 27.4 Å². The molecule has 1 aliphatic rings. The fourth-order valence-corrected chi connectivity index (χ4v) is 4.48. The zero-order valence-electron chi connectivity index (χ0n) is 16.0. The number of aromatic carboxylic acids is 1. The summed E-state index contributed by atoms with van der Waals surface area (Å²) in [7, 11) is 3.01. The number of amides is 1. The lowest BCUT2D eigenvalue weighted by Gasteiger charge is -2.24. The van der Waals surface area contributed by atoms with Gasteiger partial charge >= 0.3 is 5.97 Å². The van der Waals surface area contributed by atoms with Crippen molar-refractivity contribution >= 4 is 28.9 Å². The van der Waals surface area contributed by atoms with Gasteiger partial charge in [-0.05, 0) is 41.6 Å². The summed E-state index contributed by atoms with van der Waals surface area (Å²) in [5, 5.41) is 14.5. The van der Waals surface area contributed by atoms with Crippen LogP contribution < -0.4 is 10.1 Å². The molecule has 150 valence electrons. The maximum atomic E-state index is 12.1. The van der Waals surface area contributed by atoms with E-state index in [4.69, 9.17) is 9.47 Å². The molecule has 0 fully saturated rings. The number of anilines is 1. The van der Waals surface area contributed by atoms with Crippen LogP contribution in [0.1, 0.15) is 16.1 Å². The molecular formula is C21H20N2O5S. The Labute approximate surface area is 171 Å². The highest BCUT2D eigenvalue weighted by Gasteiger charge is 2.28. The van der Waals surface area contributed by atoms with Crippen LogP contribution in [0.15, 0.2) is 35.7 Å². The number of fused-ring (bicyclic) bond motifs is 3. The van der Waals surface area contributed by atoms with Crippen molar-refractivity contribution in [2.75, 3.05) is 26.1 Å². The molecule has 3 aromatic rings. The predicted octanol–water partition coefficient (Wildman–Crippen LogP) is 3.73. The van der Waals surface area contributed by atoms with Crippen molar-refractivity contribution < 1.29 is 24.2 Å². The Bertz CT molecular complexity index is 1090. The van der Waals surface area contributed by atoms with Gasteiger partial charge in [-0.25, -0.2) is 4.79 Å². The van der Waals surface area contributed by atoms with Crippen molar-refractivity contribution in [3.05, 3.63) is 47.0 Å². The minimum absolute atomic E-state index is 0.0692. The van der Waals surface area contributed by atoms with E-state index >= 15 is 0 Å². The lowest BCUT2D eigenvalue weighted by molar-refractivity contribution is -0.119. The first kappa shape index (κ1) is 19.2. The Morgan fingerprint density at radius 2 is 2.07 bits per heavy atom. The number of carboxylic acid groups (broad SMARTS) is 1. The number of nitrogens with one attached hydrogen (secondary N) is 1. The topological polar surface area (TPSA) is 89.8 Å². The van der Waals surface area contributed by atoms with Gasteiger partial charge in [0, 0.05) is 29.7 Å². The van der Waals surface area contributed by atoms with Crippen LogP contribution >= 0.6 is 11.3 Å². The van der Waals surface area contributed by atoms with Gasteiger partial charge in [-0.2, -0.15) is 0 Å². The van der Waals surface area contributed by atoms with Crippen LogP contribution in [0.5, 0.6) is 5.75 Å². The molecular weight excluding hydrogens is 392 g/mol. The molecule has 1 amide bonds. The van der Waals surface area contributed by atoms with Crippen molar-refractivity contribution in [2.45, 2.75) is 13.0 Å². The molecule has 8 heteroatoms. The smallest absolute Gasteiger partial charge is 0.352 e.